The Balaban J connectivity index is 1.50. The smallest absolute Gasteiger partial charge is 0.267 e. The molecule has 18 heavy (non-hydrogen) atoms. The zero-order chi connectivity index (χ0) is 12.3. The largest absolute Gasteiger partial charge is 0.382 e. The van der Waals surface area contributed by atoms with Gasteiger partial charge in [-0.25, -0.2) is 0 Å². The Morgan fingerprint density at radius 3 is 2.72 bits per heavy atom. The molecule has 4 nitrogen and oxygen atoms in total. The van der Waals surface area contributed by atoms with Crippen LogP contribution < -0.4 is 11.1 Å². The highest BCUT2D eigenvalue weighted by Crippen LogP contribution is 2.66. The second kappa shape index (κ2) is 3.46. The summed E-state index contributed by atoms with van der Waals surface area (Å²) >= 11 is 0. The fraction of sp³-hybridized carbons (Fsp3) is 0.571. The van der Waals surface area contributed by atoms with Crippen LogP contribution in [0.3, 0.4) is 0 Å². The number of amides is 1. The van der Waals surface area contributed by atoms with E-state index in [2.05, 4.69) is 10.3 Å². The Bertz CT molecular complexity index is 500. The number of nitrogens with two attached hydrogens (primary N) is 1. The lowest BCUT2D eigenvalue weighted by Gasteiger charge is -2.12. The second-order valence-electron chi connectivity index (χ2n) is 5.95. The number of nitrogens with zero attached hydrogens (tertiary/aromatic N) is 1. The molecule has 1 heterocycles. The lowest BCUT2D eigenvalue weighted by Crippen LogP contribution is -2.15. The van der Waals surface area contributed by atoms with Crippen molar-refractivity contribution in [2.24, 2.45) is 29.4 Å². The van der Waals surface area contributed by atoms with E-state index in [9.17, 15) is 4.79 Å². The lowest BCUT2D eigenvalue weighted by atomic mass is 10.0. The van der Waals surface area contributed by atoms with Crippen LogP contribution in [-0.2, 0) is 0 Å². The topological polar surface area (TPSA) is 68.0 Å². The summed E-state index contributed by atoms with van der Waals surface area (Å²) in [5.74, 6) is 3.21. The molecule has 3 fully saturated rings. The zero-order valence-corrected chi connectivity index (χ0v) is 10.2. The van der Waals surface area contributed by atoms with Crippen LogP contribution >= 0.6 is 0 Å². The number of hydrogen-bond acceptors (Lipinski definition) is 3. The number of anilines is 1. The van der Waals surface area contributed by atoms with Crippen molar-refractivity contribution >= 4 is 11.6 Å². The number of nitrogens with one attached hydrogen (secondary N) is 1. The van der Waals surface area contributed by atoms with Gasteiger partial charge in [0.25, 0.3) is 5.91 Å². The molecule has 94 valence electrons. The van der Waals surface area contributed by atoms with Crippen LogP contribution in [0.2, 0.25) is 0 Å². The quantitative estimate of drug-likeness (QED) is 0.848. The van der Waals surface area contributed by atoms with Crippen LogP contribution in [0.4, 0.5) is 5.69 Å². The number of rotatable bonds is 3. The van der Waals surface area contributed by atoms with Crippen molar-refractivity contribution in [3.63, 3.8) is 0 Å². The Labute approximate surface area is 106 Å². The molecule has 0 aliphatic heterocycles. The minimum Gasteiger partial charge on any atom is -0.382 e. The third kappa shape index (κ3) is 1.38. The molecule has 4 unspecified atom stereocenters. The van der Waals surface area contributed by atoms with E-state index in [-0.39, 0.29) is 0 Å². The van der Waals surface area contributed by atoms with Gasteiger partial charge in [0, 0.05) is 17.9 Å². The van der Waals surface area contributed by atoms with Crippen LogP contribution in [0, 0.1) is 23.7 Å². The molecule has 1 aromatic heterocycles. The van der Waals surface area contributed by atoms with E-state index in [0.717, 1.165) is 29.4 Å². The summed E-state index contributed by atoms with van der Waals surface area (Å²) in [7, 11) is 0. The van der Waals surface area contributed by atoms with Crippen molar-refractivity contribution in [3.05, 3.63) is 24.0 Å². The number of primary amides is 1. The van der Waals surface area contributed by atoms with Gasteiger partial charge < -0.3 is 11.1 Å². The molecule has 0 radical (unpaired) electrons. The van der Waals surface area contributed by atoms with Crippen molar-refractivity contribution in [2.45, 2.75) is 25.3 Å². The van der Waals surface area contributed by atoms with Gasteiger partial charge in [-0.05, 0) is 55.1 Å². The van der Waals surface area contributed by atoms with Crippen molar-refractivity contribution < 1.29 is 4.79 Å². The summed E-state index contributed by atoms with van der Waals surface area (Å²) in [5.41, 5.74) is 6.57. The number of carbonyl (C=O) groups is 1. The molecule has 4 heteroatoms. The number of hydrogen-bond donors (Lipinski definition) is 2. The summed E-state index contributed by atoms with van der Waals surface area (Å²) in [6.07, 6.45) is 5.95. The SMILES string of the molecule is NC(=O)c1cc(NC2C3C4CCC(C4)C23)ccn1. The van der Waals surface area contributed by atoms with Gasteiger partial charge in [-0.15, -0.1) is 0 Å². The third-order valence-electron chi connectivity index (χ3n) is 5.08. The molecule has 3 saturated carbocycles. The minimum atomic E-state index is -0.463. The summed E-state index contributed by atoms with van der Waals surface area (Å²) in [5, 5.41) is 3.57. The molecule has 3 aliphatic carbocycles. The van der Waals surface area contributed by atoms with E-state index in [0.29, 0.717) is 11.7 Å². The summed E-state index contributed by atoms with van der Waals surface area (Å²) in [4.78, 5) is 15.1. The first-order valence-electron chi connectivity index (χ1n) is 6.76. The number of carbonyl (C=O) groups excluding carboxylic acids is 1. The van der Waals surface area contributed by atoms with E-state index >= 15 is 0 Å². The maximum Gasteiger partial charge on any atom is 0.267 e. The van der Waals surface area contributed by atoms with Crippen molar-refractivity contribution in [3.8, 4) is 0 Å². The third-order valence-corrected chi connectivity index (χ3v) is 5.08. The summed E-state index contributed by atoms with van der Waals surface area (Å²) < 4.78 is 0. The second-order valence-corrected chi connectivity index (χ2v) is 5.95. The molecule has 0 aromatic carbocycles. The Morgan fingerprint density at radius 2 is 2.06 bits per heavy atom. The van der Waals surface area contributed by atoms with E-state index in [1.807, 2.05) is 6.07 Å². The van der Waals surface area contributed by atoms with Gasteiger partial charge in [-0.2, -0.15) is 0 Å². The van der Waals surface area contributed by atoms with Crippen LogP contribution in [0.15, 0.2) is 18.3 Å². The first-order chi connectivity index (χ1) is 8.74. The van der Waals surface area contributed by atoms with Gasteiger partial charge in [0.1, 0.15) is 5.69 Å². The first kappa shape index (κ1) is 10.4. The standard InChI is InChI=1S/C14H17N3O/c15-14(18)10-6-9(3-4-16-10)17-13-11-7-1-2-8(5-7)12(11)13/h3-4,6-8,11-13H,1-2,5H2,(H2,15,18)(H,16,17). The molecule has 0 saturated heterocycles. The van der Waals surface area contributed by atoms with Gasteiger partial charge in [0.05, 0.1) is 0 Å². The molecule has 4 atom stereocenters. The normalized spacial score (nSPS) is 39.4. The molecule has 2 bridgehead atoms. The summed E-state index contributed by atoms with van der Waals surface area (Å²) in [6, 6.07) is 4.31. The number of fused-ring (bicyclic) bond motifs is 5. The lowest BCUT2D eigenvalue weighted by molar-refractivity contribution is 0.0995. The van der Waals surface area contributed by atoms with Gasteiger partial charge in [-0.1, -0.05) is 0 Å². The number of pyridine rings is 1. The molecule has 3 aliphatic rings. The molecular weight excluding hydrogens is 226 g/mol. The highest BCUT2D eigenvalue weighted by atomic mass is 16.1. The fourth-order valence-electron chi connectivity index (χ4n) is 4.37. The average molecular weight is 243 g/mol. The van der Waals surface area contributed by atoms with Crippen LogP contribution in [0.25, 0.3) is 0 Å². The van der Waals surface area contributed by atoms with E-state index in [1.165, 1.54) is 19.3 Å². The van der Waals surface area contributed by atoms with Crippen molar-refractivity contribution in [1.29, 1.82) is 0 Å². The van der Waals surface area contributed by atoms with Gasteiger partial charge in [0.15, 0.2) is 0 Å². The minimum absolute atomic E-state index is 0.341. The Kier molecular flexibility index (Phi) is 1.99. The van der Waals surface area contributed by atoms with Crippen LogP contribution in [-0.4, -0.2) is 16.9 Å². The van der Waals surface area contributed by atoms with Crippen LogP contribution in [0.1, 0.15) is 29.8 Å². The van der Waals surface area contributed by atoms with Crippen molar-refractivity contribution in [2.75, 3.05) is 5.32 Å². The Hall–Kier alpha value is -1.58. The highest BCUT2D eigenvalue weighted by Gasteiger charge is 2.64. The average Bonchev–Trinajstić information content (AvgIpc) is 2.77. The molecule has 1 amide bonds. The molecule has 1 aromatic rings. The Morgan fingerprint density at radius 1 is 1.33 bits per heavy atom. The van der Waals surface area contributed by atoms with Crippen LogP contribution in [0.5, 0.6) is 0 Å². The summed E-state index contributed by atoms with van der Waals surface area (Å²) in [6.45, 7) is 0. The molecule has 0 spiro atoms. The predicted octanol–water partition coefficient (Wildman–Crippen LogP) is 1.64. The van der Waals surface area contributed by atoms with E-state index in [1.54, 1.807) is 12.3 Å². The van der Waals surface area contributed by atoms with Crippen molar-refractivity contribution in [1.82, 2.24) is 4.98 Å². The van der Waals surface area contributed by atoms with E-state index < -0.39 is 5.91 Å². The monoisotopic (exact) mass is 243 g/mol. The number of aromatic nitrogens is 1. The van der Waals surface area contributed by atoms with Gasteiger partial charge >= 0.3 is 0 Å². The van der Waals surface area contributed by atoms with E-state index in [4.69, 9.17) is 5.73 Å². The fourth-order valence-corrected chi connectivity index (χ4v) is 4.37. The van der Waals surface area contributed by atoms with Gasteiger partial charge in [0.2, 0.25) is 0 Å². The molecule has 3 N–H and O–H groups in total. The maximum atomic E-state index is 11.1. The molecular formula is C14H17N3O. The highest BCUT2D eigenvalue weighted by molar-refractivity contribution is 5.91. The van der Waals surface area contributed by atoms with Gasteiger partial charge in [-0.3, -0.25) is 9.78 Å². The first-order valence-corrected chi connectivity index (χ1v) is 6.76. The molecule has 4 rings (SSSR count). The maximum absolute atomic E-state index is 11.1. The zero-order valence-electron chi connectivity index (χ0n) is 10.2. The predicted molar refractivity (Wildman–Crippen MR) is 68.0 cm³/mol.